The number of hydrogen-bond donors (Lipinski definition) is 0. The average molecular weight is 288 g/mol. The van der Waals surface area contributed by atoms with Gasteiger partial charge in [-0.2, -0.15) is 0 Å². The molecule has 0 aliphatic carbocycles. The molecule has 0 aromatic rings. The van der Waals surface area contributed by atoms with Gasteiger partial charge in [0.1, 0.15) is 0 Å². The number of rotatable bonds is 2. The van der Waals surface area contributed by atoms with Crippen molar-refractivity contribution in [2.45, 2.75) is 0 Å². The maximum absolute atomic E-state index is 8.12. The van der Waals surface area contributed by atoms with E-state index in [-0.39, 0.29) is 0 Å². The molecule has 0 N–H and O–H groups in total. The molecule has 0 heterocycles. The quantitative estimate of drug-likeness (QED) is 0.342. The van der Waals surface area contributed by atoms with Gasteiger partial charge in [-0.3, -0.25) is 0 Å². The summed E-state index contributed by atoms with van der Waals surface area (Å²) in [4.78, 5) is 3.73. The molecule has 0 aromatic carbocycles. The van der Waals surface area contributed by atoms with Crippen molar-refractivity contribution >= 4 is 105 Å². The Morgan fingerprint density at radius 2 is 2.00 bits per heavy atom. The molecule has 6 heteroatoms. The normalized spacial score (nSPS) is 7.88. The minimum atomic E-state index is 0.683. The molecule has 0 bridgehead atoms. The summed E-state index contributed by atoms with van der Waals surface area (Å²) < 4.78 is 1.27. The molecule has 0 aromatic heterocycles. The Morgan fingerprint density at radius 1 is 1.50 bits per heavy atom. The second-order valence-corrected chi connectivity index (χ2v) is 12.2. The first-order valence-corrected chi connectivity index (χ1v) is 20.3. The SMILES string of the molecule is N#CN=C([Se][K])[Se][K]. The van der Waals surface area contributed by atoms with E-state index in [1.807, 2.05) is 6.19 Å². The Hall–Kier alpha value is 3.47. The van der Waals surface area contributed by atoms with Crippen molar-refractivity contribution in [2.24, 2.45) is 4.99 Å². The third-order valence-corrected chi connectivity index (χ3v) is 23.0. The van der Waals surface area contributed by atoms with E-state index < -0.39 is 0 Å². The van der Waals surface area contributed by atoms with Gasteiger partial charge in [0.05, 0.1) is 0 Å². The molecule has 0 saturated heterocycles. The van der Waals surface area contributed by atoms with Gasteiger partial charge in [-0.15, -0.1) is 0 Å². The number of nitrogens with zero attached hydrogens (tertiary/aromatic N) is 2. The van der Waals surface area contributed by atoms with Crippen molar-refractivity contribution in [3.8, 4) is 6.19 Å². The van der Waals surface area contributed by atoms with Crippen molar-refractivity contribution < 1.29 is 0 Å². The van der Waals surface area contributed by atoms with Gasteiger partial charge in [0, 0.05) is 0 Å². The predicted octanol–water partition coefficient (Wildman–Crippen LogP) is -1.60. The molecule has 32 valence electrons. The molecule has 0 atom stereocenters. The van der Waals surface area contributed by atoms with E-state index in [0.717, 1.165) is 90.8 Å². The van der Waals surface area contributed by atoms with Crippen LogP contribution in [-0.4, -0.2) is 105 Å². The average Bonchev–Trinajstić information content (AvgIpc) is 1.83. The van der Waals surface area contributed by atoms with Gasteiger partial charge >= 0.3 is 122 Å². The fourth-order valence-corrected chi connectivity index (χ4v) is 40.4. The fourth-order valence-electron chi connectivity index (χ4n) is 0.215. The summed E-state index contributed by atoms with van der Waals surface area (Å²) in [6.45, 7) is 0. The minimum absolute atomic E-state index is 0.683. The van der Waals surface area contributed by atoms with Gasteiger partial charge in [-0.05, 0) is 0 Å². The molecular formula is C2K2N2Se2. The van der Waals surface area contributed by atoms with Crippen LogP contribution < -0.4 is 0 Å². The van der Waals surface area contributed by atoms with Gasteiger partial charge < -0.3 is 0 Å². The van der Waals surface area contributed by atoms with Crippen LogP contribution in [0.2, 0.25) is 0 Å². The molecule has 0 radical (unpaired) electrons. The number of nitriles is 1. The van der Waals surface area contributed by atoms with Crippen LogP contribution in [-0.2, 0) is 0 Å². The fraction of sp³-hybridized carbons (Fsp3) is 0. The molecule has 0 amide bonds. The monoisotopic (exact) mass is 290 g/mol. The molecule has 0 spiro atoms. The molecule has 2 nitrogen and oxygen atoms in total. The van der Waals surface area contributed by atoms with E-state index in [1.165, 1.54) is 3.51 Å². The van der Waals surface area contributed by atoms with E-state index in [0.29, 0.717) is 11.2 Å². The van der Waals surface area contributed by atoms with Crippen molar-refractivity contribution in [3.05, 3.63) is 0 Å². The zero-order chi connectivity index (χ0) is 6.41. The van der Waals surface area contributed by atoms with Crippen LogP contribution in [0.1, 0.15) is 0 Å². The van der Waals surface area contributed by atoms with Crippen molar-refractivity contribution in [2.75, 3.05) is 0 Å². The summed E-state index contributed by atoms with van der Waals surface area (Å²) in [6.07, 6.45) is 1.85. The first kappa shape index (κ1) is 11.5. The molecule has 0 aliphatic heterocycles. The second-order valence-electron chi connectivity index (χ2n) is 0.886. The van der Waals surface area contributed by atoms with Gasteiger partial charge in [0.2, 0.25) is 0 Å². The van der Waals surface area contributed by atoms with Crippen LogP contribution in [0.4, 0.5) is 0 Å². The first-order valence-electron chi connectivity index (χ1n) is 1.90. The summed E-state index contributed by atoms with van der Waals surface area (Å²) >= 11 is 1.82. The molecule has 0 rings (SSSR count). The van der Waals surface area contributed by atoms with Crippen LogP contribution in [0.3, 0.4) is 0 Å². The Bertz CT molecular complexity index is 122. The van der Waals surface area contributed by atoms with Gasteiger partial charge in [-0.1, -0.05) is 0 Å². The molecule has 0 saturated carbocycles. The van der Waals surface area contributed by atoms with E-state index in [9.17, 15) is 0 Å². The standard InChI is InChI=1S/C2H2N2Se2.2K/c3-1-4-2(5)6;;/h(H2,4,5,6);;/q;2*+1/p-2. The molecular weight excluding hydrogens is 288 g/mol. The van der Waals surface area contributed by atoms with Crippen LogP contribution >= 0.6 is 0 Å². The summed E-state index contributed by atoms with van der Waals surface area (Å²) in [5, 5.41) is 8.12. The molecule has 0 fully saturated rings. The molecule has 8 heavy (non-hydrogen) atoms. The van der Waals surface area contributed by atoms with E-state index in [4.69, 9.17) is 5.26 Å². The van der Waals surface area contributed by atoms with Crippen LogP contribution in [0.25, 0.3) is 0 Å². The third kappa shape index (κ3) is 6.20. The Balaban J connectivity index is 3.72. The van der Waals surface area contributed by atoms with Crippen LogP contribution in [0.15, 0.2) is 4.99 Å². The zero-order valence-electron chi connectivity index (χ0n) is 4.71. The maximum atomic E-state index is 8.12. The topological polar surface area (TPSA) is 36.1 Å². The Kier molecular flexibility index (Phi) is 12.3. The summed E-state index contributed by atoms with van der Waals surface area (Å²) in [5.74, 6) is 0. The third-order valence-electron chi connectivity index (χ3n) is 0.491. The summed E-state index contributed by atoms with van der Waals surface area (Å²) in [7, 11) is 0. The van der Waals surface area contributed by atoms with Crippen molar-refractivity contribution in [3.63, 3.8) is 0 Å². The zero-order valence-corrected chi connectivity index (χ0v) is 14.4. The van der Waals surface area contributed by atoms with Gasteiger partial charge in [0.15, 0.2) is 0 Å². The van der Waals surface area contributed by atoms with Gasteiger partial charge in [0.25, 0.3) is 0 Å². The Labute approximate surface area is 117 Å². The summed E-state index contributed by atoms with van der Waals surface area (Å²) in [5.41, 5.74) is 1.37. The number of aliphatic imine (C=N–C) groups is 1. The molecule has 0 unspecified atom stereocenters. The Morgan fingerprint density at radius 3 is 2.12 bits per heavy atom. The van der Waals surface area contributed by atoms with Crippen molar-refractivity contribution in [1.29, 1.82) is 5.26 Å². The number of hydrogen-bond acceptors (Lipinski definition) is 2. The second kappa shape index (κ2) is 8.57. The van der Waals surface area contributed by atoms with E-state index in [1.54, 1.807) is 0 Å². The van der Waals surface area contributed by atoms with E-state index in [2.05, 4.69) is 4.99 Å². The van der Waals surface area contributed by atoms with Crippen LogP contribution in [0.5, 0.6) is 0 Å². The van der Waals surface area contributed by atoms with E-state index >= 15 is 0 Å². The molecule has 0 aliphatic rings. The predicted molar refractivity (Wildman–Crippen MR) is 36.1 cm³/mol. The van der Waals surface area contributed by atoms with Crippen molar-refractivity contribution in [1.82, 2.24) is 0 Å². The summed E-state index contributed by atoms with van der Waals surface area (Å²) in [6, 6.07) is 0. The van der Waals surface area contributed by atoms with Crippen LogP contribution in [0, 0.1) is 11.5 Å². The first-order chi connectivity index (χ1) is 3.85. The van der Waals surface area contributed by atoms with Gasteiger partial charge in [-0.25, -0.2) is 0 Å².